The Hall–Kier alpha value is -3.88. The van der Waals surface area contributed by atoms with Gasteiger partial charge in [0.1, 0.15) is 18.1 Å². The number of aromatic nitrogens is 3. The number of nitrogens with two attached hydrogens (primary N) is 2. The molecule has 14 heteroatoms. The van der Waals surface area contributed by atoms with Crippen LogP contribution in [0.3, 0.4) is 0 Å². The summed E-state index contributed by atoms with van der Waals surface area (Å²) in [5.74, 6) is -2.26. The highest BCUT2D eigenvalue weighted by Crippen LogP contribution is 2.19. The summed E-state index contributed by atoms with van der Waals surface area (Å²) >= 11 is 1.56. The highest BCUT2D eigenvalue weighted by Gasteiger charge is 2.31. The van der Waals surface area contributed by atoms with Crippen molar-refractivity contribution in [2.75, 3.05) is 18.6 Å². The lowest BCUT2D eigenvalue weighted by molar-refractivity contribution is -0.142. The summed E-state index contributed by atoms with van der Waals surface area (Å²) in [6.45, 7) is 0.396. The number of fused-ring (bicyclic) bond motifs is 1. The summed E-state index contributed by atoms with van der Waals surface area (Å²) in [5.41, 5.74) is 13.9. The van der Waals surface area contributed by atoms with Crippen molar-refractivity contribution in [2.24, 2.45) is 11.5 Å². The zero-order chi connectivity index (χ0) is 30.5. The second-order valence-electron chi connectivity index (χ2n) is 10.0. The van der Waals surface area contributed by atoms with Crippen molar-refractivity contribution < 1.29 is 24.3 Å². The fourth-order valence-electron chi connectivity index (χ4n) is 4.51. The Morgan fingerprint density at radius 3 is 2.36 bits per heavy atom. The number of rotatable bonds is 18. The van der Waals surface area contributed by atoms with E-state index in [1.54, 1.807) is 18.0 Å². The number of carboxylic acids is 1. The molecule has 1 aromatic carbocycles. The monoisotopic (exact) mass is 600 g/mol. The average Bonchev–Trinajstić information content (AvgIpc) is 3.64. The third-order valence-electron chi connectivity index (χ3n) is 6.88. The molecule has 228 valence electrons. The third-order valence-corrected chi connectivity index (χ3v) is 7.52. The minimum absolute atomic E-state index is 0.0162. The number of amides is 3. The first-order chi connectivity index (χ1) is 20.2. The number of aromatic amines is 2. The van der Waals surface area contributed by atoms with E-state index in [-0.39, 0.29) is 19.3 Å². The average molecular weight is 601 g/mol. The fourth-order valence-corrected chi connectivity index (χ4v) is 5.00. The van der Waals surface area contributed by atoms with Gasteiger partial charge in [0, 0.05) is 41.8 Å². The number of hydrogen-bond acceptors (Lipinski definition) is 8. The number of hydrogen-bond donors (Lipinski definition) is 8. The number of carboxylic acid groups (broad SMARTS) is 1. The summed E-state index contributed by atoms with van der Waals surface area (Å²) in [6.07, 6.45) is 8.51. The van der Waals surface area contributed by atoms with Crippen LogP contribution in [0.5, 0.6) is 0 Å². The second-order valence-corrected chi connectivity index (χ2v) is 11.0. The minimum atomic E-state index is -1.25. The maximum Gasteiger partial charge on any atom is 0.326 e. The van der Waals surface area contributed by atoms with Gasteiger partial charge in [-0.15, -0.1) is 0 Å². The van der Waals surface area contributed by atoms with E-state index in [4.69, 9.17) is 11.5 Å². The van der Waals surface area contributed by atoms with Crippen LogP contribution in [0.1, 0.15) is 36.9 Å². The molecule has 2 heterocycles. The lowest BCUT2D eigenvalue weighted by Crippen LogP contribution is -2.57. The number of nitrogens with zero attached hydrogens (tertiary/aromatic N) is 1. The topological polar surface area (TPSA) is 221 Å². The van der Waals surface area contributed by atoms with Crippen molar-refractivity contribution >= 4 is 46.4 Å². The number of para-hydroxylation sites is 1. The number of aliphatic carboxylic acids is 1. The van der Waals surface area contributed by atoms with Crippen molar-refractivity contribution in [2.45, 2.75) is 62.7 Å². The van der Waals surface area contributed by atoms with E-state index in [0.29, 0.717) is 37.3 Å². The summed E-state index contributed by atoms with van der Waals surface area (Å²) in [7, 11) is 0. The van der Waals surface area contributed by atoms with Gasteiger partial charge in [-0.05, 0) is 55.9 Å². The van der Waals surface area contributed by atoms with E-state index in [2.05, 4.69) is 30.9 Å². The molecule has 0 radical (unpaired) electrons. The number of carbonyl (C=O) groups excluding carboxylic acids is 3. The molecule has 0 saturated heterocycles. The Morgan fingerprint density at radius 1 is 0.952 bits per heavy atom. The van der Waals surface area contributed by atoms with Gasteiger partial charge in [-0.1, -0.05) is 18.2 Å². The first-order valence-corrected chi connectivity index (χ1v) is 15.2. The van der Waals surface area contributed by atoms with Gasteiger partial charge in [-0.3, -0.25) is 14.4 Å². The Bertz CT molecular complexity index is 1310. The van der Waals surface area contributed by atoms with Gasteiger partial charge in [0.15, 0.2) is 0 Å². The number of unbranched alkanes of at least 4 members (excludes halogenated alkanes) is 1. The van der Waals surface area contributed by atoms with Gasteiger partial charge in [0.2, 0.25) is 17.7 Å². The molecule has 0 aliphatic carbocycles. The zero-order valence-corrected chi connectivity index (χ0v) is 24.4. The van der Waals surface area contributed by atoms with Gasteiger partial charge in [0.25, 0.3) is 0 Å². The number of benzene rings is 1. The molecule has 0 saturated carbocycles. The lowest BCUT2D eigenvalue weighted by atomic mass is 10.0. The van der Waals surface area contributed by atoms with Crippen LogP contribution in [0, 0.1) is 0 Å². The predicted molar refractivity (Wildman–Crippen MR) is 162 cm³/mol. The van der Waals surface area contributed by atoms with Gasteiger partial charge in [0.05, 0.1) is 12.4 Å². The molecule has 3 rings (SSSR count). The molecule has 13 nitrogen and oxygen atoms in total. The maximum absolute atomic E-state index is 13.7. The Balaban J connectivity index is 1.80. The molecule has 0 fully saturated rings. The van der Waals surface area contributed by atoms with Crippen LogP contribution >= 0.6 is 11.8 Å². The predicted octanol–water partition coefficient (Wildman–Crippen LogP) is 0.425. The number of imidazole rings is 1. The molecular weight excluding hydrogens is 560 g/mol. The molecular formula is C28H40N8O5S. The van der Waals surface area contributed by atoms with Crippen molar-refractivity contribution in [3.8, 4) is 0 Å². The van der Waals surface area contributed by atoms with E-state index in [1.165, 1.54) is 12.5 Å². The molecule has 10 N–H and O–H groups in total. The zero-order valence-electron chi connectivity index (χ0n) is 23.6. The van der Waals surface area contributed by atoms with Crippen molar-refractivity contribution in [1.29, 1.82) is 0 Å². The van der Waals surface area contributed by atoms with Gasteiger partial charge in [-0.2, -0.15) is 11.8 Å². The molecule has 4 atom stereocenters. The van der Waals surface area contributed by atoms with E-state index in [0.717, 1.165) is 16.5 Å². The summed E-state index contributed by atoms with van der Waals surface area (Å²) in [6, 6.07) is 3.44. The standard InChI is InChI=1S/C28H40N8O5S/c1-42-11-9-20(30)25(37)35-23(12-17-14-32-21-7-3-2-6-19(17)21)27(39)34-22(8-4-5-10-29)26(38)36-24(28(40)41)13-18-15-31-16-33-18/h2-3,6-7,14-16,20,22-24,32H,4-5,8-13,29-30H2,1H3,(H,31,33)(H,34,39)(H,35,37)(H,36,38)(H,40,41). The van der Waals surface area contributed by atoms with Crippen LogP contribution in [0.4, 0.5) is 0 Å². The molecule has 3 aromatic rings. The van der Waals surface area contributed by atoms with Gasteiger partial charge in [-0.25, -0.2) is 9.78 Å². The van der Waals surface area contributed by atoms with Crippen LogP contribution in [0.25, 0.3) is 10.9 Å². The minimum Gasteiger partial charge on any atom is -0.480 e. The Kier molecular flexibility index (Phi) is 12.8. The van der Waals surface area contributed by atoms with Crippen molar-refractivity contribution in [1.82, 2.24) is 30.9 Å². The first-order valence-electron chi connectivity index (χ1n) is 13.8. The van der Waals surface area contributed by atoms with Crippen LogP contribution in [0.2, 0.25) is 0 Å². The molecule has 0 aliphatic heterocycles. The van der Waals surface area contributed by atoms with E-state index < -0.39 is 47.9 Å². The summed E-state index contributed by atoms with van der Waals surface area (Å²) < 4.78 is 0. The smallest absolute Gasteiger partial charge is 0.326 e. The van der Waals surface area contributed by atoms with Crippen LogP contribution < -0.4 is 27.4 Å². The summed E-state index contributed by atoms with van der Waals surface area (Å²) in [4.78, 5) is 61.7. The van der Waals surface area contributed by atoms with Crippen LogP contribution in [0.15, 0.2) is 43.0 Å². The molecule has 0 bridgehead atoms. The molecule has 2 aromatic heterocycles. The first kappa shape index (κ1) is 32.6. The number of carbonyl (C=O) groups is 4. The number of nitrogens with one attached hydrogen (secondary N) is 5. The third kappa shape index (κ3) is 9.60. The number of H-pyrrole nitrogens is 2. The highest BCUT2D eigenvalue weighted by atomic mass is 32.2. The molecule has 3 amide bonds. The highest BCUT2D eigenvalue weighted by molar-refractivity contribution is 7.98. The summed E-state index contributed by atoms with van der Waals surface area (Å²) in [5, 5.41) is 18.7. The van der Waals surface area contributed by atoms with E-state index >= 15 is 0 Å². The largest absolute Gasteiger partial charge is 0.480 e. The van der Waals surface area contributed by atoms with Crippen molar-refractivity contribution in [3.63, 3.8) is 0 Å². The second kappa shape index (κ2) is 16.5. The fraction of sp³-hybridized carbons (Fsp3) is 0.464. The maximum atomic E-state index is 13.7. The Morgan fingerprint density at radius 2 is 1.67 bits per heavy atom. The van der Waals surface area contributed by atoms with E-state index in [1.807, 2.05) is 30.5 Å². The molecule has 0 aliphatic rings. The Labute approximate surface area is 248 Å². The number of thioether (sulfide) groups is 1. The van der Waals surface area contributed by atoms with Crippen LogP contribution in [-0.2, 0) is 32.0 Å². The molecule has 42 heavy (non-hydrogen) atoms. The van der Waals surface area contributed by atoms with E-state index in [9.17, 15) is 24.3 Å². The lowest BCUT2D eigenvalue weighted by Gasteiger charge is -2.25. The van der Waals surface area contributed by atoms with Gasteiger partial charge < -0.3 is 42.5 Å². The van der Waals surface area contributed by atoms with Crippen LogP contribution in [-0.4, -0.2) is 86.5 Å². The quantitative estimate of drug-likeness (QED) is 0.0947. The van der Waals surface area contributed by atoms with Crippen molar-refractivity contribution in [3.05, 3.63) is 54.2 Å². The molecule has 0 spiro atoms. The SMILES string of the molecule is CSCCC(N)C(=O)NC(Cc1c[nH]c2ccccc12)C(=O)NC(CCCCN)C(=O)NC(Cc1cnc[nH]1)C(=O)O. The normalized spacial score (nSPS) is 14.1. The molecule has 4 unspecified atom stereocenters. The van der Waals surface area contributed by atoms with Gasteiger partial charge >= 0.3 is 5.97 Å².